The van der Waals surface area contributed by atoms with E-state index in [1.165, 1.54) is 37.5 Å². The van der Waals surface area contributed by atoms with Crippen LogP contribution in [0.5, 0.6) is 11.5 Å². The van der Waals surface area contributed by atoms with E-state index in [2.05, 4.69) is 10.1 Å². The molecule has 2 amide bonds. The lowest BCUT2D eigenvalue weighted by molar-refractivity contribution is -0.274. The molecule has 0 spiro atoms. The molecule has 4 aliphatic carbocycles. The smallest absolute Gasteiger partial charge is 0.508 e. The quantitative estimate of drug-likeness (QED) is 0.441. The first kappa shape index (κ1) is 23.5. The Morgan fingerprint density at radius 2 is 1.67 bits per heavy atom. The molecule has 0 aromatic heterocycles. The summed E-state index contributed by atoms with van der Waals surface area (Å²) >= 11 is 0.689. The van der Waals surface area contributed by atoms with Gasteiger partial charge in [0.1, 0.15) is 11.5 Å². The molecule has 5 fully saturated rings. The summed E-state index contributed by atoms with van der Waals surface area (Å²) in [5.41, 5.74) is 1.75. The number of benzene rings is 2. The number of carbonyl (C=O) groups excluding carboxylic acids is 2. The Balaban J connectivity index is 1.40. The molecule has 5 aliphatic rings. The summed E-state index contributed by atoms with van der Waals surface area (Å²) in [5, 5.41) is 12.5. The highest BCUT2D eigenvalue weighted by Crippen LogP contribution is 2.62. The van der Waals surface area contributed by atoms with Gasteiger partial charge in [-0.2, -0.15) is 0 Å². The molecule has 1 aliphatic heterocycles. The number of halogens is 3. The second-order valence-electron chi connectivity index (χ2n) is 10.6. The van der Waals surface area contributed by atoms with Crippen molar-refractivity contribution in [2.45, 2.75) is 50.3 Å². The van der Waals surface area contributed by atoms with Gasteiger partial charge in [0.2, 0.25) is 0 Å². The molecule has 0 atom stereocenters. The molecule has 2 N–H and O–H groups in total. The molecular formula is C27H24F3NO4S. The van der Waals surface area contributed by atoms with Gasteiger partial charge in [-0.15, -0.1) is 13.2 Å². The maximum Gasteiger partial charge on any atom is 0.573 e. The summed E-state index contributed by atoms with van der Waals surface area (Å²) in [5.74, 6) is 1.13. The summed E-state index contributed by atoms with van der Waals surface area (Å²) in [4.78, 5) is 23.4. The van der Waals surface area contributed by atoms with Crippen LogP contribution in [0.3, 0.4) is 0 Å². The van der Waals surface area contributed by atoms with Gasteiger partial charge in [0.15, 0.2) is 0 Å². The number of phenolic OH excluding ortho intramolecular Hbond substituents is 1. The van der Waals surface area contributed by atoms with E-state index in [1.807, 2.05) is 6.07 Å². The summed E-state index contributed by atoms with van der Waals surface area (Å²) in [6.07, 6.45) is 3.17. The minimum Gasteiger partial charge on any atom is -0.508 e. The zero-order valence-electron chi connectivity index (χ0n) is 19.2. The van der Waals surface area contributed by atoms with Crippen LogP contribution in [0.15, 0.2) is 41.3 Å². The van der Waals surface area contributed by atoms with Crippen molar-refractivity contribution in [3.8, 4) is 22.6 Å². The first-order chi connectivity index (χ1) is 17.1. The molecule has 36 heavy (non-hydrogen) atoms. The maximum absolute atomic E-state index is 13.3. The lowest BCUT2D eigenvalue weighted by atomic mass is 9.48. The van der Waals surface area contributed by atoms with Crippen LogP contribution in [0.1, 0.15) is 49.7 Å². The van der Waals surface area contributed by atoms with E-state index in [0.717, 1.165) is 24.8 Å². The van der Waals surface area contributed by atoms with Crippen molar-refractivity contribution in [3.05, 3.63) is 52.4 Å². The van der Waals surface area contributed by atoms with E-state index in [4.69, 9.17) is 0 Å². The van der Waals surface area contributed by atoms with Crippen molar-refractivity contribution in [1.82, 2.24) is 5.32 Å². The standard InChI is InChI=1S/C27H24F3NO4S/c28-27(29,30)35-22-8-14(9-23-24(33)31-25(34)36-23)1-3-19(22)18-2-4-21(32)20(10-18)26-11-15-5-16(12-26)7-17(6-15)13-26/h1-4,8-10,15-17,32H,5-7,11-13H2,(H,31,33,34)/b23-9-. The molecule has 1 heterocycles. The molecule has 2 aromatic rings. The van der Waals surface area contributed by atoms with Gasteiger partial charge >= 0.3 is 6.36 Å². The molecule has 9 heteroatoms. The Labute approximate surface area is 210 Å². The van der Waals surface area contributed by atoms with Gasteiger partial charge in [-0.1, -0.05) is 18.2 Å². The number of ether oxygens (including phenoxy) is 1. The number of alkyl halides is 3. The molecule has 1 saturated heterocycles. The molecule has 2 aromatic carbocycles. The molecule has 7 rings (SSSR count). The SMILES string of the molecule is O=C1NC(=O)/C(=C/c2ccc(-c3ccc(O)c(C45CC6CC(CC(C6)C4)C5)c3)c(OC(F)(F)F)c2)S1. The number of aromatic hydroxyl groups is 1. The van der Waals surface area contributed by atoms with E-state index >= 15 is 0 Å². The van der Waals surface area contributed by atoms with Crippen LogP contribution in [-0.2, 0) is 10.2 Å². The Bertz CT molecular complexity index is 1270. The van der Waals surface area contributed by atoms with Gasteiger partial charge in [0.05, 0.1) is 4.91 Å². The van der Waals surface area contributed by atoms with Crippen molar-refractivity contribution in [2.75, 3.05) is 0 Å². The molecular weight excluding hydrogens is 491 g/mol. The highest BCUT2D eigenvalue weighted by molar-refractivity contribution is 8.18. The molecule has 0 radical (unpaired) electrons. The average Bonchev–Trinajstić information content (AvgIpc) is 3.09. The van der Waals surface area contributed by atoms with E-state index < -0.39 is 23.3 Å². The summed E-state index contributed by atoms with van der Waals surface area (Å²) in [6, 6.07) is 9.32. The lowest BCUT2D eigenvalue weighted by Crippen LogP contribution is -2.48. The fourth-order valence-corrected chi connectivity index (χ4v) is 7.90. The molecule has 188 valence electrons. The van der Waals surface area contributed by atoms with Gasteiger partial charge in [0.25, 0.3) is 11.1 Å². The zero-order valence-corrected chi connectivity index (χ0v) is 20.0. The van der Waals surface area contributed by atoms with Crippen LogP contribution in [0.25, 0.3) is 17.2 Å². The van der Waals surface area contributed by atoms with Crippen molar-refractivity contribution in [3.63, 3.8) is 0 Å². The van der Waals surface area contributed by atoms with Gasteiger partial charge in [-0.05, 0) is 109 Å². The number of hydrogen-bond donors (Lipinski definition) is 2. The van der Waals surface area contributed by atoms with Gasteiger partial charge in [-0.25, -0.2) is 0 Å². The Hall–Kier alpha value is -2.94. The molecule has 5 nitrogen and oxygen atoms in total. The Morgan fingerprint density at radius 1 is 1.00 bits per heavy atom. The van der Waals surface area contributed by atoms with Crippen molar-refractivity contribution in [2.24, 2.45) is 17.8 Å². The predicted octanol–water partition coefficient (Wildman–Crippen LogP) is 6.75. The summed E-state index contributed by atoms with van der Waals surface area (Å²) in [7, 11) is 0. The normalized spacial score (nSPS) is 30.2. The van der Waals surface area contributed by atoms with Crippen molar-refractivity contribution >= 4 is 29.0 Å². The highest BCUT2D eigenvalue weighted by Gasteiger charge is 2.52. The molecule has 4 saturated carbocycles. The van der Waals surface area contributed by atoms with Gasteiger partial charge < -0.3 is 9.84 Å². The fourth-order valence-electron chi connectivity index (χ4n) is 7.22. The first-order valence-corrected chi connectivity index (χ1v) is 12.9. The number of imide groups is 1. The second kappa shape index (κ2) is 8.30. The Morgan fingerprint density at radius 3 is 2.25 bits per heavy atom. The number of amides is 2. The number of hydrogen-bond acceptors (Lipinski definition) is 5. The maximum atomic E-state index is 13.3. The second-order valence-corrected chi connectivity index (χ2v) is 11.6. The van der Waals surface area contributed by atoms with Crippen LogP contribution in [0.4, 0.5) is 18.0 Å². The predicted molar refractivity (Wildman–Crippen MR) is 129 cm³/mol. The minimum atomic E-state index is -4.92. The zero-order chi connectivity index (χ0) is 25.2. The van der Waals surface area contributed by atoms with Crippen LogP contribution in [0.2, 0.25) is 0 Å². The first-order valence-electron chi connectivity index (χ1n) is 12.1. The van der Waals surface area contributed by atoms with Gasteiger partial charge in [-0.3, -0.25) is 14.9 Å². The number of thioether (sulfide) groups is 1. The van der Waals surface area contributed by atoms with Crippen LogP contribution >= 0.6 is 11.8 Å². The largest absolute Gasteiger partial charge is 0.573 e. The van der Waals surface area contributed by atoms with Crippen LogP contribution in [-0.4, -0.2) is 22.6 Å². The summed E-state index contributed by atoms with van der Waals surface area (Å²) < 4.78 is 44.4. The van der Waals surface area contributed by atoms with Crippen molar-refractivity contribution < 1.29 is 32.6 Å². The van der Waals surface area contributed by atoms with E-state index in [9.17, 15) is 27.9 Å². The number of nitrogens with one attached hydrogen (secondary N) is 1. The van der Waals surface area contributed by atoms with E-state index in [0.29, 0.717) is 40.6 Å². The highest BCUT2D eigenvalue weighted by atomic mass is 32.2. The average molecular weight is 516 g/mol. The number of rotatable bonds is 4. The molecule has 0 unspecified atom stereocenters. The minimum absolute atomic E-state index is 0.0967. The van der Waals surface area contributed by atoms with Crippen molar-refractivity contribution in [1.29, 1.82) is 0 Å². The lowest BCUT2D eigenvalue weighted by Gasteiger charge is -2.57. The number of carbonyl (C=O) groups is 2. The van der Waals surface area contributed by atoms with Gasteiger partial charge in [0, 0.05) is 11.1 Å². The molecule has 4 bridgehead atoms. The third-order valence-corrected chi connectivity index (χ3v) is 8.90. The topological polar surface area (TPSA) is 75.6 Å². The van der Waals surface area contributed by atoms with E-state index in [1.54, 1.807) is 18.2 Å². The van der Waals surface area contributed by atoms with Crippen LogP contribution in [0, 0.1) is 17.8 Å². The Kier molecular flexibility index (Phi) is 5.41. The fraction of sp³-hybridized carbons (Fsp3) is 0.407. The monoisotopic (exact) mass is 515 g/mol. The third-order valence-electron chi connectivity index (χ3n) is 8.09. The van der Waals surface area contributed by atoms with E-state index in [-0.39, 0.29) is 21.6 Å². The van der Waals surface area contributed by atoms with Crippen LogP contribution < -0.4 is 10.1 Å². The number of phenols is 1. The summed E-state index contributed by atoms with van der Waals surface area (Å²) in [6.45, 7) is 0. The third kappa shape index (κ3) is 4.27.